The third-order valence-electron chi connectivity index (χ3n) is 1.91. The zero-order valence-corrected chi connectivity index (χ0v) is 8.51. The van der Waals surface area contributed by atoms with E-state index in [-0.39, 0.29) is 6.61 Å². The topological polar surface area (TPSA) is 64.6 Å². The zero-order valence-electron chi connectivity index (χ0n) is 8.51. The predicted molar refractivity (Wildman–Crippen MR) is 54.4 cm³/mol. The molecule has 5 heteroatoms. The molecule has 2 rings (SSSR count). The highest BCUT2D eigenvalue weighted by Crippen LogP contribution is 2.02. The van der Waals surface area contributed by atoms with Crippen molar-refractivity contribution in [2.75, 3.05) is 0 Å². The molecular formula is C11H11NO4. The quantitative estimate of drug-likeness (QED) is 0.860. The molecule has 1 N–H and O–H groups in total. The largest absolute Gasteiger partial charge is 0.467 e. The van der Waals surface area contributed by atoms with E-state index in [1.165, 1.54) is 6.26 Å². The molecule has 0 aliphatic heterocycles. The lowest BCUT2D eigenvalue weighted by molar-refractivity contribution is 0.130. The van der Waals surface area contributed by atoms with E-state index in [9.17, 15) is 4.79 Å². The summed E-state index contributed by atoms with van der Waals surface area (Å²) in [6, 6.07) is 7.00. The first kappa shape index (κ1) is 10.4. The van der Waals surface area contributed by atoms with Crippen molar-refractivity contribution in [2.24, 2.45) is 0 Å². The molecule has 0 aliphatic rings. The van der Waals surface area contributed by atoms with Crippen molar-refractivity contribution in [3.8, 4) is 0 Å². The smallest absolute Gasteiger partial charge is 0.407 e. The number of alkyl carbamates (subject to hydrolysis) is 1. The molecule has 16 heavy (non-hydrogen) atoms. The minimum absolute atomic E-state index is 0.122. The van der Waals surface area contributed by atoms with E-state index in [1.807, 2.05) is 0 Å². The molecule has 0 unspecified atom stereocenters. The molecule has 0 atom stereocenters. The Hall–Kier alpha value is -2.17. The Bertz CT molecular complexity index is 379. The second-order valence-electron chi connectivity index (χ2n) is 3.09. The molecule has 2 aromatic heterocycles. The Morgan fingerprint density at radius 1 is 1.19 bits per heavy atom. The number of amides is 1. The van der Waals surface area contributed by atoms with E-state index in [2.05, 4.69) is 5.32 Å². The molecule has 0 radical (unpaired) electrons. The summed E-state index contributed by atoms with van der Waals surface area (Å²) in [6.45, 7) is 0.432. The van der Waals surface area contributed by atoms with E-state index in [0.29, 0.717) is 18.1 Å². The molecule has 0 fully saturated rings. The van der Waals surface area contributed by atoms with E-state index in [0.717, 1.165) is 0 Å². The zero-order chi connectivity index (χ0) is 11.2. The van der Waals surface area contributed by atoms with E-state index >= 15 is 0 Å². The molecule has 1 amide bonds. The van der Waals surface area contributed by atoms with Gasteiger partial charge in [-0.1, -0.05) is 0 Å². The Balaban J connectivity index is 1.69. The van der Waals surface area contributed by atoms with Crippen LogP contribution in [0.2, 0.25) is 0 Å². The maximum atomic E-state index is 11.2. The van der Waals surface area contributed by atoms with Crippen molar-refractivity contribution in [3.05, 3.63) is 48.3 Å². The van der Waals surface area contributed by atoms with Gasteiger partial charge in [-0.05, 0) is 24.3 Å². The van der Waals surface area contributed by atoms with Gasteiger partial charge < -0.3 is 18.9 Å². The highest BCUT2D eigenvalue weighted by Gasteiger charge is 2.04. The van der Waals surface area contributed by atoms with Crippen molar-refractivity contribution >= 4 is 6.09 Å². The fraction of sp³-hybridized carbons (Fsp3) is 0.182. The first-order chi connectivity index (χ1) is 7.84. The van der Waals surface area contributed by atoms with Gasteiger partial charge in [-0.2, -0.15) is 0 Å². The Morgan fingerprint density at radius 2 is 1.88 bits per heavy atom. The van der Waals surface area contributed by atoms with Crippen molar-refractivity contribution in [3.63, 3.8) is 0 Å². The van der Waals surface area contributed by atoms with Crippen LogP contribution in [0.25, 0.3) is 0 Å². The number of rotatable bonds is 4. The minimum atomic E-state index is -0.507. The van der Waals surface area contributed by atoms with Crippen LogP contribution in [0, 0.1) is 0 Å². The molecule has 5 nitrogen and oxygen atoms in total. The second kappa shape index (κ2) is 5.06. The summed E-state index contributed by atoms with van der Waals surface area (Å²) >= 11 is 0. The minimum Gasteiger partial charge on any atom is -0.467 e. The summed E-state index contributed by atoms with van der Waals surface area (Å²) in [5.74, 6) is 1.28. The highest BCUT2D eigenvalue weighted by atomic mass is 16.6. The number of carbonyl (C=O) groups excluding carboxylic acids is 1. The maximum Gasteiger partial charge on any atom is 0.407 e. The lowest BCUT2D eigenvalue weighted by Gasteiger charge is -2.03. The summed E-state index contributed by atoms with van der Waals surface area (Å²) in [4.78, 5) is 11.2. The van der Waals surface area contributed by atoms with Crippen LogP contribution in [-0.2, 0) is 17.9 Å². The fourth-order valence-electron chi connectivity index (χ4n) is 1.15. The van der Waals surface area contributed by atoms with Gasteiger partial charge in [0.05, 0.1) is 19.1 Å². The first-order valence-electron chi connectivity index (χ1n) is 4.80. The Morgan fingerprint density at radius 3 is 2.50 bits per heavy atom. The van der Waals surface area contributed by atoms with Crippen LogP contribution in [0.1, 0.15) is 11.5 Å². The number of furan rings is 2. The van der Waals surface area contributed by atoms with Crippen LogP contribution >= 0.6 is 0 Å². The van der Waals surface area contributed by atoms with Crippen LogP contribution in [0.5, 0.6) is 0 Å². The molecule has 0 saturated heterocycles. The molecule has 0 saturated carbocycles. The van der Waals surface area contributed by atoms with Crippen molar-refractivity contribution in [2.45, 2.75) is 13.2 Å². The van der Waals surface area contributed by atoms with Gasteiger partial charge in [0.2, 0.25) is 0 Å². The Labute approximate surface area is 92.0 Å². The van der Waals surface area contributed by atoms with Crippen molar-refractivity contribution in [1.82, 2.24) is 5.32 Å². The predicted octanol–water partition coefficient (Wildman–Crippen LogP) is 2.30. The lowest BCUT2D eigenvalue weighted by atomic mass is 10.4. The van der Waals surface area contributed by atoms with Crippen LogP contribution < -0.4 is 5.32 Å². The van der Waals surface area contributed by atoms with E-state index in [4.69, 9.17) is 13.6 Å². The van der Waals surface area contributed by atoms with Crippen molar-refractivity contribution < 1.29 is 18.4 Å². The third kappa shape index (κ3) is 2.91. The van der Waals surface area contributed by atoms with Gasteiger partial charge in [-0.3, -0.25) is 0 Å². The summed E-state index contributed by atoms with van der Waals surface area (Å²) in [6.07, 6.45) is 2.57. The molecule has 2 heterocycles. The highest BCUT2D eigenvalue weighted by molar-refractivity contribution is 5.66. The molecule has 0 aliphatic carbocycles. The van der Waals surface area contributed by atoms with Crippen LogP contribution in [-0.4, -0.2) is 6.09 Å². The fourth-order valence-corrected chi connectivity index (χ4v) is 1.15. The average Bonchev–Trinajstić information content (AvgIpc) is 2.96. The molecule has 0 aromatic carbocycles. The maximum absolute atomic E-state index is 11.2. The van der Waals surface area contributed by atoms with Crippen LogP contribution in [0.3, 0.4) is 0 Å². The monoisotopic (exact) mass is 221 g/mol. The lowest BCUT2D eigenvalue weighted by Crippen LogP contribution is -2.23. The molecular weight excluding hydrogens is 210 g/mol. The van der Waals surface area contributed by atoms with Crippen LogP contribution in [0.15, 0.2) is 45.6 Å². The van der Waals surface area contributed by atoms with Gasteiger partial charge in [-0.25, -0.2) is 4.79 Å². The number of hydrogen-bond donors (Lipinski definition) is 1. The first-order valence-corrected chi connectivity index (χ1v) is 4.80. The SMILES string of the molecule is O=C(NCc1ccco1)OCc1ccco1. The Kier molecular flexibility index (Phi) is 3.28. The molecule has 84 valence electrons. The van der Waals surface area contributed by atoms with Gasteiger partial charge in [0.15, 0.2) is 6.61 Å². The number of hydrogen-bond acceptors (Lipinski definition) is 4. The average molecular weight is 221 g/mol. The van der Waals surface area contributed by atoms with Gasteiger partial charge in [0.1, 0.15) is 11.5 Å². The van der Waals surface area contributed by atoms with E-state index in [1.54, 1.807) is 30.5 Å². The van der Waals surface area contributed by atoms with Gasteiger partial charge in [0, 0.05) is 0 Å². The number of carbonyl (C=O) groups is 1. The summed E-state index contributed by atoms with van der Waals surface area (Å²) in [5, 5.41) is 2.55. The second-order valence-corrected chi connectivity index (χ2v) is 3.09. The summed E-state index contributed by atoms with van der Waals surface area (Å²) in [5.41, 5.74) is 0. The molecule has 0 bridgehead atoms. The van der Waals surface area contributed by atoms with Gasteiger partial charge in [-0.15, -0.1) is 0 Å². The number of nitrogens with one attached hydrogen (secondary N) is 1. The standard InChI is InChI=1S/C11H11NO4/c13-11(12-7-9-3-1-5-14-9)16-8-10-4-2-6-15-10/h1-6H,7-8H2,(H,12,13). The van der Waals surface area contributed by atoms with Gasteiger partial charge in [0.25, 0.3) is 0 Å². The van der Waals surface area contributed by atoms with Crippen molar-refractivity contribution in [1.29, 1.82) is 0 Å². The molecule has 0 spiro atoms. The van der Waals surface area contributed by atoms with Crippen LogP contribution in [0.4, 0.5) is 4.79 Å². The summed E-state index contributed by atoms with van der Waals surface area (Å²) < 4.78 is 15.0. The molecule has 2 aromatic rings. The summed E-state index contributed by atoms with van der Waals surface area (Å²) in [7, 11) is 0. The normalized spacial score (nSPS) is 10.0. The van der Waals surface area contributed by atoms with E-state index < -0.39 is 6.09 Å². The number of ether oxygens (including phenoxy) is 1. The third-order valence-corrected chi connectivity index (χ3v) is 1.91. The van der Waals surface area contributed by atoms with Gasteiger partial charge >= 0.3 is 6.09 Å².